The van der Waals surface area contributed by atoms with E-state index in [-0.39, 0.29) is 24.9 Å². The Hall–Kier alpha value is -2.89. The van der Waals surface area contributed by atoms with Crippen LogP contribution in [0.2, 0.25) is 0 Å². The second-order valence-electron chi connectivity index (χ2n) is 6.51. The largest absolute Gasteiger partial charge is 0.492 e. The molecular weight excluding hydrogens is 335 g/mol. The van der Waals surface area contributed by atoms with Crippen LogP contribution in [0.25, 0.3) is 0 Å². The topological polar surface area (TPSA) is 58.6 Å². The van der Waals surface area contributed by atoms with Gasteiger partial charge >= 0.3 is 6.03 Å². The number of carbonyl (C=O) groups is 2. The number of rotatable bonds is 7. The van der Waals surface area contributed by atoms with Crippen LogP contribution in [0.1, 0.15) is 18.9 Å². The van der Waals surface area contributed by atoms with Crippen molar-refractivity contribution in [3.8, 4) is 5.75 Å². The highest BCUT2D eigenvalue weighted by Crippen LogP contribution is 2.23. The molecular formula is C20H21FN2O3. The molecule has 5 nitrogen and oxygen atoms in total. The molecule has 1 atom stereocenters. The fourth-order valence-corrected chi connectivity index (χ4v) is 2.94. The molecule has 1 aliphatic heterocycles. The van der Waals surface area contributed by atoms with Crippen molar-refractivity contribution in [3.63, 3.8) is 0 Å². The fraction of sp³-hybridized carbons (Fsp3) is 0.300. The zero-order valence-corrected chi connectivity index (χ0v) is 14.6. The maximum atomic E-state index is 12.9. The Balaban J connectivity index is 1.54. The van der Waals surface area contributed by atoms with Gasteiger partial charge < -0.3 is 10.1 Å². The minimum absolute atomic E-state index is 0.142. The number of nitrogens with one attached hydrogen (secondary N) is 1. The van der Waals surface area contributed by atoms with Gasteiger partial charge in [-0.25, -0.2) is 9.18 Å². The van der Waals surface area contributed by atoms with Crippen LogP contribution in [-0.2, 0) is 11.2 Å². The van der Waals surface area contributed by atoms with Gasteiger partial charge in [-0.3, -0.25) is 9.69 Å². The lowest BCUT2D eigenvalue weighted by molar-refractivity contribution is -0.131. The second kappa shape index (κ2) is 7.56. The molecule has 26 heavy (non-hydrogen) atoms. The summed E-state index contributed by atoms with van der Waals surface area (Å²) in [6.45, 7) is 2.04. The predicted molar refractivity (Wildman–Crippen MR) is 95.3 cm³/mol. The third kappa shape index (κ3) is 4.02. The predicted octanol–water partition coefficient (Wildman–Crippen LogP) is 3.15. The molecule has 1 saturated heterocycles. The van der Waals surface area contributed by atoms with E-state index in [0.717, 1.165) is 5.56 Å². The van der Waals surface area contributed by atoms with E-state index in [9.17, 15) is 14.0 Å². The van der Waals surface area contributed by atoms with E-state index in [0.29, 0.717) is 18.6 Å². The Morgan fingerprint density at radius 2 is 1.77 bits per heavy atom. The average Bonchev–Trinajstić information content (AvgIpc) is 2.86. The van der Waals surface area contributed by atoms with Crippen LogP contribution in [0.4, 0.5) is 9.18 Å². The molecule has 0 aliphatic carbocycles. The first-order chi connectivity index (χ1) is 12.5. The quantitative estimate of drug-likeness (QED) is 0.776. The molecule has 0 aromatic heterocycles. The van der Waals surface area contributed by atoms with Crippen LogP contribution < -0.4 is 10.1 Å². The molecule has 0 spiro atoms. The summed E-state index contributed by atoms with van der Waals surface area (Å²) in [6, 6.07) is 15.0. The molecule has 2 aromatic rings. The van der Waals surface area contributed by atoms with Gasteiger partial charge in [-0.1, -0.05) is 30.3 Å². The Morgan fingerprint density at radius 3 is 2.46 bits per heavy atom. The van der Waals surface area contributed by atoms with Crippen molar-refractivity contribution in [1.82, 2.24) is 10.2 Å². The molecule has 3 rings (SSSR count). The normalized spacial score (nSPS) is 19.5. The van der Waals surface area contributed by atoms with Crippen molar-refractivity contribution in [2.45, 2.75) is 25.3 Å². The second-order valence-corrected chi connectivity index (χ2v) is 6.51. The zero-order chi connectivity index (χ0) is 18.6. The summed E-state index contributed by atoms with van der Waals surface area (Å²) in [5.41, 5.74) is 0.205. The van der Waals surface area contributed by atoms with Crippen molar-refractivity contribution in [2.75, 3.05) is 13.2 Å². The van der Waals surface area contributed by atoms with E-state index in [1.54, 1.807) is 6.92 Å². The van der Waals surface area contributed by atoms with Gasteiger partial charge in [-0.15, -0.1) is 0 Å². The Bertz CT molecular complexity index is 779. The molecule has 1 N–H and O–H groups in total. The van der Waals surface area contributed by atoms with Gasteiger partial charge in [0.05, 0.1) is 6.54 Å². The van der Waals surface area contributed by atoms with Crippen molar-refractivity contribution in [3.05, 3.63) is 66.0 Å². The summed E-state index contributed by atoms with van der Waals surface area (Å²) in [5.74, 6) is -0.105. The number of carbonyl (C=O) groups excluding carboxylic acids is 2. The molecule has 1 aliphatic rings. The molecule has 3 amide bonds. The maximum absolute atomic E-state index is 12.9. The first kappa shape index (κ1) is 17.9. The Morgan fingerprint density at radius 1 is 1.08 bits per heavy atom. The minimum Gasteiger partial charge on any atom is -0.492 e. The first-order valence-electron chi connectivity index (χ1n) is 8.54. The molecule has 6 heteroatoms. The zero-order valence-electron chi connectivity index (χ0n) is 14.6. The number of nitrogens with zero attached hydrogens (tertiary/aromatic N) is 1. The third-order valence-electron chi connectivity index (χ3n) is 4.50. The number of urea groups is 1. The van der Waals surface area contributed by atoms with E-state index >= 15 is 0 Å². The molecule has 0 unspecified atom stereocenters. The number of hydrogen-bond acceptors (Lipinski definition) is 3. The number of ether oxygens (including phenoxy) is 1. The number of hydrogen-bond donors (Lipinski definition) is 1. The Labute approximate surface area is 151 Å². The molecule has 0 radical (unpaired) electrons. The van der Waals surface area contributed by atoms with E-state index in [2.05, 4.69) is 5.32 Å². The maximum Gasteiger partial charge on any atom is 0.325 e. The first-order valence-corrected chi connectivity index (χ1v) is 8.54. The summed E-state index contributed by atoms with van der Waals surface area (Å²) in [5, 5.41) is 2.79. The smallest absolute Gasteiger partial charge is 0.325 e. The highest BCUT2D eigenvalue weighted by atomic mass is 19.1. The summed E-state index contributed by atoms with van der Waals surface area (Å²) < 4.78 is 18.4. The SMILES string of the molecule is C[C@]1(CCc2ccccc2)NC(=O)N(CCOc2ccc(F)cc2)C1=O. The standard InChI is InChI=1S/C20H21FN2O3/c1-20(12-11-15-5-3-2-4-6-15)18(24)23(19(25)22-20)13-14-26-17-9-7-16(21)8-10-17/h2-10H,11-14H2,1H3,(H,22,25)/t20-/m1/s1. The number of benzene rings is 2. The van der Waals surface area contributed by atoms with Gasteiger partial charge in [-0.05, 0) is 49.6 Å². The van der Waals surface area contributed by atoms with Crippen LogP contribution in [-0.4, -0.2) is 35.5 Å². The van der Waals surface area contributed by atoms with Gasteiger partial charge in [0.25, 0.3) is 5.91 Å². The lowest BCUT2D eigenvalue weighted by atomic mass is 9.93. The minimum atomic E-state index is -0.914. The third-order valence-corrected chi connectivity index (χ3v) is 4.50. The summed E-state index contributed by atoms with van der Waals surface area (Å²) in [4.78, 5) is 26.0. The van der Waals surface area contributed by atoms with Crippen molar-refractivity contribution in [1.29, 1.82) is 0 Å². The lowest BCUT2D eigenvalue weighted by Gasteiger charge is -2.21. The van der Waals surface area contributed by atoms with Crippen LogP contribution in [0.15, 0.2) is 54.6 Å². The van der Waals surface area contributed by atoms with E-state index < -0.39 is 11.6 Å². The number of aryl methyl sites for hydroxylation is 1. The summed E-state index contributed by atoms with van der Waals surface area (Å²) >= 11 is 0. The van der Waals surface area contributed by atoms with Crippen molar-refractivity contribution in [2.24, 2.45) is 0 Å². The number of amides is 3. The molecule has 2 aromatic carbocycles. The van der Waals surface area contributed by atoms with Gasteiger partial charge in [-0.2, -0.15) is 0 Å². The number of halogens is 1. The number of imide groups is 1. The molecule has 1 fully saturated rings. The van der Waals surface area contributed by atoms with Crippen LogP contribution >= 0.6 is 0 Å². The fourth-order valence-electron chi connectivity index (χ4n) is 2.94. The highest BCUT2D eigenvalue weighted by Gasteiger charge is 2.47. The van der Waals surface area contributed by atoms with Crippen LogP contribution in [0.3, 0.4) is 0 Å². The highest BCUT2D eigenvalue weighted by molar-refractivity contribution is 6.06. The summed E-state index contributed by atoms with van der Waals surface area (Å²) in [6.07, 6.45) is 1.22. The van der Waals surface area contributed by atoms with Crippen molar-refractivity contribution >= 4 is 11.9 Å². The van der Waals surface area contributed by atoms with Crippen LogP contribution in [0.5, 0.6) is 5.75 Å². The van der Waals surface area contributed by atoms with Crippen molar-refractivity contribution < 1.29 is 18.7 Å². The van der Waals surface area contributed by atoms with E-state index in [1.807, 2.05) is 30.3 Å². The van der Waals surface area contributed by atoms with Crippen LogP contribution in [0, 0.1) is 5.82 Å². The average molecular weight is 356 g/mol. The van der Waals surface area contributed by atoms with E-state index in [1.165, 1.54) is 29.2 Å². The summed E-state index contributed by atoms with van der Waals surface area (Å²) in [7, 11) is 0. The molecule has 0 saturated carbocycles. The molecule has 0 bridgehead atoms. The van der Waals surface area contributed by atoms with Gasteiger partial charge in [0.15, 0.2) is 0 Å². The molecule has 1 heterocycles. The molecule has 136 valence electrons. The monoisotopic (exact) mass is 356 g/mol. The van der Waals surface area contributed by atoms with Gasteiger partial charge in [0.1, 0.15) is 23.7 Å². The Kier molecular flexibility index (Phi) is 5.21. The lowest BCUT2D eigenvalue weighted by Crippen LogP contribution is -2.44. The van der Waals surface area contributed by atoms with E-state index in [4.69, 9.17) is 4.74 Å². The van der Waals surface area contributed by atoms with Gasteiger partial charge in [0, 0.05) is 0 Å². The van der Waals surface area contributed by atoms with Gasteiger partial charge in [0.2, 0.25) is 0 Å².